The number of fused-ring (bicyclic) bond motifs is 1. The summed E-state index contributed by atoms with van der Waals surface area (Å²) in [5, 5.41) is 15.3. The minimum Gasteiger partial charge on any atom is -0.383 e. The van der Waals surface area contributed by atoms with Gasteiger partial charge in [-0.25, -0.2) is 0 Å². The molecule has 192 valence electrons. The van der Waals surface area contributed by atoms with Crippen LogP contribution in [0.15, 0.2) is 0 Å². The van der Waals surface area contributed by atoms with Crippen molar-refractivity contribution in [2.45, 2.75) is 88.9 Å². The number of alkyl halides is 3. The average Bonchev–Trinajstić information content (AvgIpc) is 3.38. The molecule has 3 rings (SSSR count). The molecule has 1 saturated carbocycles. The van der Waals surface area contributed by atoms with E-state index in [0.29, 0.717) is 25.8 Å². The lowest BCUT2D eigenvalue weighted by Gasteiger charge is -2.35. The minimum absolute atomic E-state index is 0.0702. The number of hydrogen-bond acceptors (Lipinski definition) is 6. The fourth-order valence-electron chi connectivity index (χ4n) is 5.30. The molecule has 2 aliphatic heterocycles. The summed E-state index contributed by atoms with van der Waals surface area (Å²) in [5.74, 6) is -3.14. The highest BCUT2D eigenvalue weighted by Gasteiger charge is 2.49. The van der Waals surface area contributed by atoms with E-state index in [1.165, 1.54) is 4.90 Å². The Labute approximate surface area is 195 Å². The quantitative estimate of drug-likeness (QED) is 0.443. The molecule has 3 amide bonds. The van der Waals surface area contributed by atoms with Gasteiger partial charge in [0.25, 0.3) is 5.91 Å². The van der Waals surface area contributed by atoms with Crippen LogP contribution in [-0.2, 0) is 23.9 Å². The van der Waals surface area contributed by atoms with Crippen LogP contribution in [0.2, 0.25) is 0 Å². The fourth-order valence-corrected chi connectivity index (χ4v) is 5.30. The molecule has 3 N–H and O–H groups in total. The number of aliphatic hydroxyl groups excluding tert-OH is 1. The van der Waals surface area contributed by atoms with Crippen molar-refractivity contribution < 1.29 is 42.2 Å². The second-order valence-corrected chi connectivity index (χ2v) is 9.31. The molecule has 2 unspecified atom stereocenters. The SMILES string of the molecule is CCC(O)C(=O)N1[C@H](C(=O)NC(C[C@@H]2CCNC2=O)C(=O)COC(F)(F)F)C[C@@H]2CCCC[C@@H]21. The molecule has 2 saturated heterocycles. The Kier molecular flexibility index (Phi) is 8.56. The van der Waals surface area contributed by atoms with Crippen molar-refractivity contribution in [3.05, 3.63) is 0 Å². The molecule has 0 aromatic carbocycles. The zero-order valence-electron chi connectivity index (χ0n) is 19.1. The van der Waals surface area contributed by atoms with Gasteiger partial charge in [-0.05, 0) is 44.4 Å². The standard InChI is InChI=1S/C22H32F3N3O6/c1-2-17(29)21(33)28-15-6-4-3-5-12(15)10-16(28)20(32)27-14(9-13-7-8-26-19(13)31)18(30)11-34-22(23,24)25/h12-17,29H,2-11H2,1H3,(H,26,31)(H,27,32)/t12-,13-,14?,15-,16-,17?/m0/s1. The van der Waals surface area contributed by atoms with Crippen LogP contribution in [0, 0.1) is 11.8 Å². The number of hydrogen-bond donors (Lipinski definition) is 3. The first kappa shape index (κ1) is 26.4. The van der Waals surface area contributed by atoms with E-state index in [1.807, 2.05) is 0 Å². The van der Waals surface area contributed by atoms with E-state index in [4.69, 9.17) is 0 Å². The van der Waals surface area contributed by atoms with Crippen LogP contribution in [0.4, 0.5) is 13.2 Å². The lowest BCUT2D eigenvalue weighted by Crippen LogP contribution is -2.55. The summed E-state index contributed by atoms with van der Waals surface area (Å²) in [4.78, 5) is 52.2. The van der Waals surface area contributed by atoms with Crippen molar-refractivity contribution in [1.82, 2.24) is 15.5 Å². The van der Waals surface area contributed by atoms with Crippen molar-refractivity contribution in [2.24, 2.45) is 11.8 Å². The molecule has 1 aliphatic carbocycles. The van der Waals surface area contributed by atoms with Crippen molar-refractivity contribution in [1.29, 1.82) is 0 Å². The van der Waals surface area contributed by atoms with Gasteiger partial charge >= 0.3 is 6.36 Å². The summed E-state index contributed by atoms with van der Waals surface area (Å²) in [6.45, 7) is 0.727. The number of amides is 3. The van der Waals surface area contributed by atoms with Gasteiger partial charge in [-0.3, -0.25) is 23.9 Å². The summed E-state index contributed by atoms with van der Waals surface area (Å²) >= 11 is 0. The third-order valence-electron chi connectivity index (χ3n) is 7.08. The number of nitrogens with zero attached hydrogens (tertiary/aromatic N) is 1. The van der Waals surface area contributed by atoms with Crippen molar-refractivity contribution in [2.75, 3.05) is 13.2 Å². The normalized spacial score (nSPS) is 28.7. The predicted octanol–water partition coefficient (Wildman–Crippen LogP) is 1.03. The van der Waals surface area contributed by atoms with Crippen LogP contribution in [0.5, 0.6) is 0 Å². The third kappa shape index (κ3) is 6.26. The summed E-state index contributed by atoms with van der Waals surface area (Å²) in [6.07, 6.45) is -2.18. The van der Waals surface area contributed by atoms with Gasteiger partial charge in [0.15, 0.2) is 5.78 Å². The van der Waals surface area contributed by atoms with Crippen LogP contribution >= 0.6 is 0 Å². The van der Waals surface area contributed by atoms with Crippen molar-refractivity contribution in [3.8, 4) is 0 Å². The van der Waals surface area contributed by atoms with Gasteiger partial charge in [-0.1, -0.05) is 19.8 Å². The molecule has 0 aromatic rings. The minimum atomic E-state index is -5.02. The van der Waals surface area contributed by atoms with E-state index in [1.54, 1.807) is 6.92 Å². The maximum atomic E-state index is 13.3. The van der Waals surface area contributed by atoms with Crippen molar-refractivity contribution in [3.63, 3.8) is 0 Å². The Morgan fingerprint density at radius 3 is 2.56 bits per heavy atom. The summed E-state index contributed by atoms with van der Waals surface area (Å²) < 4.78 is 41.1. The predicted molar refractivity (Wildman–Crippen MR) is 112 cm³/mol. The Balaban J connectivity index is 1.77. The van der Waals surface area contributed by atoms with Gasteiger partial charge in [0.2, 0.25) is 11.8 Å². The first-order valence-electron chi connectivity index (χ1n) is 11.8. The van der Waals surface area contributed by atoms with Crippen LogP contribution in [0.1, 0.15) is 58.3 Å². The fraction of sp³-hybridized carbons (Fsp3) is 0.818. The first-order chi connectivity index (χ1) is 16.0. The maximum Gasteiger partial charge on any atom is 0.522 e. The molecule has 2 heterocycles. The highest BCUT2D eigenvalue weighted by atomic mass is 19.4. The Hall–Kier alpha value is -2.21. The van der Waals surface area contributed by atoms with E-state index in [0.717, 1.165) is 19.3 Å². The number of ketones is 1. The molecule has 6 atom stereocenters. The smallest absolute Gasteiger partial charge is 0.383 e. The van der Waals surface area contributed by atoms with Gasteiger partial charge in [0.05, 0.1) is 6.04 Å². The number of carbonyl (C=O) groups excluding carboxylic acids is 4. The lowest BCUT2D eigenvalue weighted by atomic mass is 9.84. The summed E-state index contributed by atoms with van der Waals surface area (Å²) in [6, 6.07) is -2.53. The number of likely N-dealkylation sites (tertiary alicyclic amines) is 1. The molecule has 3 aliphatic rings. The zero-order chi connectivity index (χ0) is 25.0. The number of Topliss-reactive ketones (excluding diaryl/α,β-unsaturated/α-hetero) is 1. The maximum absolute atomic E-state index is 13.3. The topological polar surface area (TPSA) is 125 Å². The van der Waals surface area contributed by atoms with E-state index in [-0.39, 0.29) is 30.7 Å². The first-order valence-corrected chi connectivity index (χ1v) is 11.8. The number of nitrogens with one attached hydrogen (secondary N) is 2. The van der Waals surface area contributed by atoms with Gasteiger partial charge in [-0.2, -0.15) is 0 Å². The summed E-state index contributed by atoms with van der Waals surface area (Å²) in [5.41, 5.74) is 0. The zero-order valence-corrected chi connectivity index (χ0v) is 19.1. The largest absolute Gasteiger partial charge is 0.522 e. The lowest BCUT2D eigenvalue weighted by molar-refractivity contribution is -0.321. The second-order valence-electron chi connectivity index (χ2n) is 9.31. The Morgan fingerprint density at radius 2 is 1.94 bits per heavy atom. The molecule has 0 aromatic heterocycles. The van der Waals surface area contributed by atoms with Crippen LogP contribution < -0.4 is 10.6 Å². The molecule has 34 heavy (non-hydrogen) atoms. The number of halogens is 3. The van der Waals surface area contributed by atoms with Crippen LogP contribution in [0.3, 0.4) is 0 Å². The number of aliphatic hydroxyl groups is 1. The number of carbonyl (C=O) groups is 4. The molecule has 9 nitrogen and oxygen atoms in total. The van der Waals surface area contributed by atoms with E-state index >= 15 is 0 Å². The van der Waals surface area contributed by atoms with Crippen LogP contribution in [0.25, 0.3) is 0 Å². The van der Waals surface area contributed by atoms with E-state index in [9.17, 15) is 37.5 Å². The molecule has 12 heteroatoms. The monoisotopic (exact) mass is 491 g/mol. The van der Waals surface area contributed by atoms with E-state index in [2.05, 4.69) is 15.4 Å². The van der Waals surface area contributed by atoms with Gasteiger partial charge in [0.1, 0.15) is 18.8 Å². The van der Waals surface area contributed by atoms with Crippen LogP contribution in [-0.4, -0.2) is 77.3 Å². The third-order valence-corrected chi connectivity index (χ3v) is 7.08. The second kappa shape index (κ2) is 11.0. The molecule has 3 fully saturated rings. The molecular weight excluding hydrogens is 459 g/mol. The molecule has 0 spiro atoms. The number of rotatable bonds is 9. The Morgan fingerprint density at radius 1 is 1.24 bits per heavy atom. The van der Waals surface area contributed by atoms with Gasteiger partial charge < -0.3 is 20.6 Å². The van der Waals surface area contributed by atoms with Gasteiger partial charge in [-0.15, -0.1) is 13.2 Å². The molecule has 0 bridgehead atoms. The van der Waals surface area contributed by atoms with Crippen molar-refractivity contribution >= 4 is 23.5 Å². The average molecular weight is 492 g/mol. The van der Waals surface area contributed by atoms with E-state index < -0.39 is 54.7 Å². The highest BCUT2D eigenvalue weighted by molar-refractivity contribution is 5.95. The number of ether oxygens (including phenoxy) is 1. The molecular formula is C22H32F3N3O6. The Bertz CT molecular complexity index is 792. The van der Waals surface area contributed by atoms with Gasteiger partial charge in [0, 0.05) is 18.5 Å². The molecule has 0 radical (unpaired) electrons. The highest BCUT2D eigenvalue weighted by Crippen LogP contribution is 2.40. The summed E-state index contributed by atoms with van der Waals surface area (Å²) in [7, 11) is 0.